The molecule has 1 heteroatoms. The molecule has 2 fully saturated rings. The predicted octanol–water partition coefficient (Wildman–Crippen LogP) is 7.30. The summed E-state index contributed by atoms with van der Waals surface area (Å²) in [7, 11) is -0.0109. The normalized spacial score (nSPS) is 28.3. The number of hydrogen-bond acceptors (Lipinski definition) is 0. The first kappa shape index (κ1) is 22.6. The second-order valence-electron chi connectivity index (χ2n) is 9.78. The Kier molecular flexibility index (Phi) is 9.80. The molecule has 160 valence electrons. The van der Waals surface area contributed by atoms with Crippen LogP contribution in [0.2, 0.25) is 6.04 Å². The van der Waals surface area contributed by atoms with Crippen LogP contribution in [0.4, 0.5) is 0 Å². The van der Waals surface area contributed by atoms with Crippen LogP contribution in [0.25, 0.3) is 0 Å². The van der Waals surface area contributed by atoms with Gasteiger partial charge in [0, 0.05) is 0 Å². The summed E-state index contributed by atoms with van der Waals surface area (Å²) in [6.45, 7) is 6.12. The molecule has 29 heavy (non-hydrogen) atoms. The van der Waals surface area contributed by atoms with Crippen LogP contribution in [0.1, 0.15) is 95.5 Å². The second kappa shape index (κ2) is 12.6. The lowest BCUT2D eigenvalue weighted by molar-refractivity contribution is 0.171. The summed E-state index contributed by atoms with van der Waals surface area (Å²) in [5.41, 5.74) is 1.63. The molecule has 0 N–H and O–H groups in total. The van der Waals surface area contributed by atoms with Gasteiger partial charge in [-0.3, -0.25) is 0 Å². The fraction of sp³-hybridized carbons (Fsp3) is 0.643. The molecule has 1 aromatic rings. The zero-order chi connectivity index (χ0) is 20.3. The molecule has 2 aliphatic rings. The van der Waals surface area contributed by atoms with Crippen LogP contribution in [0, 0.1) is 17.8 Å². The van der Waals surface area contributed by atoms with Crippen molar-refractivity contribution in [1.82, 2.24) is 0 Å². The molecule has 0 bridgehead atoms. The van der Waals surface area contributed by atoms with E-state index in [0.29, 0.717) is 0 Å². The molecule has 0 radical (unpaired) electrons. The van der Waals surface area contributed by atoms with E-state index in [1.54, 1.807) is 10.8 Å². The Hall–Kier alpha value is -1.08. The Morgan fingerprint density at radius 2 is 1.55 bits per heavy atom. The molecule has 0 spiro atoms. The average Bonchev–Trinajstić information content (AvgIpc) is 2.78. The van der Waals surface area contributed by atoms with Gasteiger partial charge < -0.3 is 0 Å². The minimum absolute atomic E-state index is 0.0109. The van der Waals surface area contributed by atoms with E-state index in [1.807, 2.05) is 6.08 Å². The molecule has 1 aromatic carbocycles. The number of hydrogen-bond donors (Lipinski definition) is 0. The maximum Gasteiger partial charge on any atom is 0.0547 e. The van der Waals surface area contributed by atoms with Gasteiger partial charge in [-0.05, 0) is 93.4 Å². The van der Waals surface area contributed by atoms with E-state index >= 15 is 0 Å². The molecule has 0 heterocycles. The Balaban J connectivity index is 1.38. The van der Waals surface area contributed by atoms with Crippen molar-refractivity contribution in [2.75, 3.05) is 0 Å². The van der Waals surface area contributed by atoms with Gasteiger partial charge in [0.1, 0.15) is 0 Å². The van der Waals surface area contributed by atoms with Crippen LogP contribution in [0.3, 0.4) is 0 Å². The quantitative estimate of drug-likeness (QED) is 0.216. The van der Waals surface area contributed by atoms with E-state index < -0.39 is 0 Å². The summed E-state index contributed by atoms with van der Waals surface area (Å²) in [4.78, 5) is 0. The van der Waals surface area contributed by atoms with Gasteiger partial charge in [0.05, 0.1) is 9.52 Å². The van der Waals surface area contributed by atoms with Crippen molar-refractivity contribution < 1.29 is 0 Å². The van der Waals surface area contributed by atoms with Gasteiger partial charge >= 0.3 is 0 Å². The summed E-state index contributed by atoms with van der Waals surface area (Å²) < 4.78 is 0. The molecule has 0 aliphatic heterocycles. The first-order chi connectivity index (χ1) is 14.3. The number of rotatable bonds is 10. The van der Waals surface area contributed by atoms with E-state index in [4.69, 9.17) is 0 Å². The first-order valence-electron chi connectivity index (χ1n) is 12.7. The van der Waals surface area contributed by atoms with Crippen molar-refractivity contribution in [3.63, 3.8) is 0 Å². The molecular formula is C28H44Si. The van der Waals surface area contributed by atoms with Gasteiger partial charge in [0.15, 0.2) is 0 Å². The van der Waals surface area contributed by atoms with Crippen molar-refractivity contribution >= 4 is 14.7 Å². The lowest BCUT2D eigenvalue weighted by Gasteiger charge is -2.37. The number of unbranched alkanes of at least 4 members (excludes halogenated alkanes) is 2. The molecule has 0 aromatic heterocycles. The highest BCUT2D eigenvalue weighted by atomic mass is 28.2. The molecule has 3 rings (SSSR count). The van der Waals surface area contributed by atoms with Crippen molar-refractivity contribution in [2.45, 2.75) is 95.9 Å². The zero-order valence-corrected chi connectivity index (χ0v) is 20.4. The monoisotopic (exact) mass is 408 g/mol. The number of benzene rings is 1. The molecule has 0 atom stereocenters. The highest BCUT2D eigenvalue weighted by Gasteiger charge is 2.30. The minimum atomic E-state index is -0.0109. The Bertz CT molecular complexity index is 598. The smallest absolute Gasteiger partial charge is 0.0547 e. The SMILES string of the molecule is C=CCCC=C[C@H]1CC[C@H]([C@H]2CC[C@H](c3ccc([SiH2]CCCC)cc3)CC2)CC1. The second-order valence-corrected chi connectivity index (χ2v) is 11.8. The standard InChI is InChI=1S/C28H44Si/c1-3-5-7-8-9-23-10-12-24(13-11-23)25-14-16-26(17-15-25)27-18-20-28(21-19-27)29-22-6-4-2/h3,8-9,18-21,23-26H,1,4-7,10-17,22,29H2,2H3/t23-,24-,25-,26-. The molecule has 0 unspecified atom stereocenters. The molecule has 2 aliphatic carbocycles. The van der Waals surface area contributed by atoms with Crippen LogP contribution >= 0.6 is 0 Å². The fourth-order valence-corrected chi connectivity index (χ4v) is 7.50. The molecule has 0 nitrogen and oxygen atoms in total. The van der Waals surface area contributed by atoms with Crippen LogP contribution in [-0.4, -0.2) is 9.52 Å². The van der Waals surface area contributed by atoms with Gasteiger partial charge in [0.2, 0.25) is 0 Å². The zero-order valence-electron chi connectivity index (χ0n) is 19.0. The first-order valence-corrected chi connectivity index (χ1v) is 14.4. The summed E-state index contributed by atoms with van der Waals surface area (Å²) in [5, 5.41) is 1.67. The van der Waals surface area contributed by atoms with Crippen LogP contribution in [0.15, 0.2) is 49.1 Å². The lowest BCUT2D eigenvalue weighted by atomic mass is 9.68. The van der Waals surface area contributed by atoms with Gasteiger partial charge in [0.25, 0.3) is 0 Å². The van der Waals surface area contributed by atoms with Gasteiger partial charge in [-0.25, -0.2) is 0 Å². The highest BCUT2D eigenvalue weighted by molar-refractivity contribution is 6.53. The summed E-state index contributed by atoms with van der Waals surface area (Å²) in [5.74, 6) is 3.71. The van der Waals surface area contributed by atoms with Crippen molar-refractivity contribution in [3.8, 4) is 0 Å². The largest absolute Gasteiger partial charge is 0.103 e. The van der Waals surface area contributed by atoms with Crippen LogP contribution in [-0.2, 0) is 0 Å². The summed E-state index contributed by atoms with van der Waals surface area (Å²) >= 11 is 0. The third kappa shape index (κ3) is 7.28. The fourth-order valence-electron chi connectivity index (χ4n) is 5.77. The van der Waals surface area contributed by atoms with Gasteiger partial charge in [-0.1, -0.05) is 73.5 Å². The van der Waals surface area contributed by atoms with E-state index in [2.05, 4.69) is 49.9 Å². The minimum Gasteiger partial charge on any atom is -0.103 e. The molecule has 2 saturated carbocycles. The number of allylic oxidation sites excluding steroid dienone is 3. The summed E-state index contributed by atoms with van der Waals surface area (Å²) in [6, 6.07) is 11.4. The van der Waals surface area contributed by atoms with Crippen molar-refractivity contribution in [3.05, 3.63) is 54.6 Å². The molecule has 0 amide bonds. The van der Waals surface area contributed by atoms with E-state index in [0.717, 1.165) is 30.1 Å². The maximum atomic E-state index is 3.82. The highest BCUT2D eigenvalue weighted by Crippen LogP contribution is 2.44. The third-order valence-electron chi connectivity index (χ3n) is 7.72. The third-order valence-corrected chi connectivity index (χ3v) is 9.62. The average molecular weight is 409 g/mol. The van der Waals surface area contributed by atoms with E-state index in [9.17, 15) is 0 Å². The Morgan fingerprint density at radius 1 is 0.897 bits per heavy atom. The van der Waals surface area contributed by atoms with Crippen molar-refractivity contribution in [1.29, 1.82) is 0 Å². The molecular weight excluding hydrogens is 364 g/mol. The van der Waals surface area contributed by atoms with Crippen LogP contribution in [0.5, 0.6) is 0 Å². The van der Waals surface area contributed by atoms with Crippen LogP contribution < -0.4 is 5.19 Å². The van der Waals surface area contributed by atoms with Gasteiger partial charge in [-0.2, -0.15) is 0 Å². The van der Waals surface area contributed by atoms with Gasteiger partial charge in [-0.15, -0.1) is 6.58 Å². The lowest BCUT2D eigenvalue weighted by Crippen LogP contribution is -2.25. The predicted molar refractivity (Wildman–Crippen MR) is 133 cm³/mol. The summed E-state index contributed by atoms with van der Waals surface area (Å²) in [6.07, 6.45) is 23.6. The molecule has 0 saturated heterocycles. The van der Waals surface area contributed by atoms with Crippen molar-refractivity contribution in [2.24, 2.45) is 17.8 Å². The van der Waals surface area contributed by atoms with E-state index in [-0.39, 0.29) is 9.52 Å². The maximum absolute atomic E-state index is 3.82. The Morgan fingerprint density at radius 3 is 2.17 bits per heavy atom. The Labute approximate surface area is 183 Å². The topological polar surface area (TPSA) is 0 Å². The van der Waals surface area contributed by atoms with E-state index in [1.165, 1.54) is 76.7 Å².